The smallest absolute Gasteiger partial charge is 0.407 e. The molecule has 0 spiro atoms. The van der Waals surface area contributed by atoms with E-state index >= 15 is 0 Å². The highest BCUT2D eigenvalue weighted by molar-refractivity contribution is 5.97. The second-order valence-corrected chi connectivity index (χ2v) is 17.1. The van der Waals surface area contributed by atoms with Gasteiger partial charge >= 0.3 is 12.2 Å². The SMILES string of the molecule is COC(=O)N[C@H](C(=O)N1[C@@H](C)CC[C@H]1c1ncc(C2=CC3=COC4=CC5C(=CC=C6NC([C@@H]7C[C@H](C)CN7C(=O)[C@@H](NC(=O)O)C(C)C)=NC65)C=C4C3C=C2)[nH]1)[C@@H](C)OC. The Morgan fingerprint density at radius 1 is 1.00 bits per heavy atom. The average Bonchev–Trinajstić information content (AvgIpc) is 4.05. The first-order valence-electron chi connectivity index (χ1n) is 20.8. The number of rotatable bonds is 10. The van der Waals surface area contributed by atoms with Crippen LogP contribution in [-0.4, -0.2) is 112 Å². The van der Waals surface area contributed by atoms with Gasteiger partial charge in [0.2, 0.25) is 11.8 Å². The van der Waals surface area contributed by atoms with Crippen molar-refractivity contribution in [1.29, 1.82) is 0 Å². The number of aromatic amines is 1. The monoisotopic (exact) mass is 822 g/mol. The minimum absolute atomic E-state index is 0.0252. The maximum Gasteiger partial charge on any atom is 0.407 e. The van der Waals surface area contributed by atoms with Crippen molar-refractivity contribution < 1.29 is 38.5 Å². The molecule has 0 saturated carbocycles. The molecule has 4 aliphatic heterocycles. The Bertz CT molecular complexity index is 2210. The van der Waals surface area contributed by atoms with Crippen LogP contribution in [0.15, 0.2) is 88.2 Å². The molecule has 1 aromatic heterocycles. The first-order chi connectivity index (χ1) is 28.8. The number of carbonyl (C=O) groups is 4. The van der Waals surface area contributed by atoms with Gasteiger partial charge in [-0.3, -0.25) is 14.6 Å². The minimum Gasteiger partial charge on any atom is -0.465 e. The van der Waals surface area contributed by atoms with E-state index in [1.807, 2.05) is 20.8 Å². The van der Waals surface area contributed by atoms with Gasteiger partial charge in [-0.15, -0.1) is 0 Å². The highest BCUT2D eigenvalue weighted by atomic mass is 16.5. The molecule has 10 atom stereocenters. The molecule has 5 N–H and O–H groups in total. The van der Waals surface area contributed by atoms with Crippen LogP contribution >= 0.6 is 0 Å². The number of nitrogens with one attached hydrogen (secondary N) is 4. The van der Waals surface area contributed by atoms with E-state index in [0.29, 0.717) is 18.8 Å². The zero-order valence-electron chi connectivity index (χ0n) is 35.0. The van der Waals surface area contributed by atoms with Gasteiger partial charge in [-0.05, 0) is 79.9 Å². The van der Waals surface area contributed by atoms with Crippen LogP contribution in [0.3, 0.4) is 0 Å². The lowest BCUT2D eigenvalue weighted by Gasteiger charge is -2.34. The number of hydrogen-bond donors (Lipinski definition) is 5. The number of alkyl carbamates (subject to hydrolysis) is 1. The van der Waals surface area contributed by atoms with Gasteiger partial charge in [0.25, 0.3) is 0 Å². The molecule has 2 saturated heterocycles. The summed E-state index contributed by atoms with van der Waals surface area (Å²) in [7, 11) is 2.76. The fourth-order valence-electron chi connectivity index (χ4n) is 9.56. The van der Waals surface area contributed by atoms with Gasteiger partial charge in [-0.2, -0.15) is 0 Å². The van der Waals surface area contributed by atoms with Crippen LogP contribution in [0.4, 0.5) is 9.59 Å². The number of carbonyl (C=O) groups excluding carboxylic acids is 3. The summed E-state index contributed by atoms with van der Waals surface area (Å²) in [5, 5.41) is 18.0. The van der Waals surface area contributed by atoms with Crippen LogP contribution in [0.2, 0.25) is 0 Å². The summed E-state index contributed by atoms with van der Waals surface area (Å²) >= 11 is 0. The van der Waals surface area contributed by atoms with E-state index in [-0.39, 0.29) is 59.7 Å². The Balaban J connectivity index is 0.983. The van der Waals surface area contributed by atoms with Gasteiger partial charge in [0, 0.05) is 42.8 Å². The molecule has 5 heterocycles. The number of amides is 4. The van der Waals surface area contributed by atoms with Crippen molar-refractivity contribution in [2.75, 3.05) is 20.8 Å². The number of aromatic nitrogens is 2. The Labute approximate surface area is 349 Å². The number of nitrogens with zero attached hydrogens (tertiary/aromatic N) is 4. The van der Waals surface area contributed by atoms with Gasteiger partial charge in [-0.1, -0.05) is 45.1 Å². The number of aliphatic imine (C=N–C) groups is 1. The van der Waals surface area contributed by atoms with Gasteiger partial charge in [-0.25, -0.2) is 14.6 Å². The van der Waals surface area contributed by atoms with Gasteiger partial charge < -0.3 is 50.1 Å². The predicted molar refractivity (Wildman–Crippen MR) is 222 cm³/mol. The molecule has 8 rings (SSSR count). The lowest BCUT2D eigenvalue weighted by Crippen LogP contribution is -2.55. The topological polar surface area (TPSA) is 200 Å². The Hall–Kier alpha value is -5.90. The van der Waals surface area contributed by atoms with E-state index in [2.05, 4.69) is 70.4 Å². The van der Waals surface area contributed by atoms with Crippen molar-refractivity contribution in [3.8, 4) is 0 Å². The third kappa shape index (κ3) is 7.45. The molecule has 7 aliphatic rings. The van der Waals surface area contributed by atoms with Crippen LogP contribution in [0.1, 0.15) is 71.4 Å². The first-order valence-corrected chi connectivity index (χ1v) is 20.8. The highest BCUT2D eigenvalue weighted by Crippen LogP contribution is 2.46. The second kappa shape index (κ2) is 16.3. The van der Waals surface area contributed by atoms with Gasteiger partial charge in [0.05, 0.1) is 43.5 Å². The average molecular weight is 823 g/mol. The molecule has 0 radical (unpaired) electrons. The van der Waals surface area contributed by atoms with Crippen molar-refractivity contribution in [3.05, 3.63) is 94.7 Å². The summed E-state index contributed by atoms with van der Waals surface area (Å²) in [5.41, 5.74) is 5.87. The number of hydrogen-bond acceptors (Lipinski definition) is 10. The van der Waals surface area contributed by atoms with Crippen LogP contribution in [0.5, 0.6) is 0 Å². The van der Waals surface area contributed by atoms with Gasteiger partial charge in [0.1, 0.15) is 35.5 Å². The summed E-state index contributed by atoms with van der Waals surface area (Å²) in [6, 6.07) is -2.65. The molecule has 0 aromatic carbocycles. The zero-order chi connectivity index (χ0) is 42.6. The maximum atomic E-state index is 13.9. The van der Waals surface area contributed by atoms with E-state index in [4.69, 9.17) is 24.2 Å². The van der Waals surface area contributed by atoms with E-state index in [9.17, 15) is 24.3 Å². The lowest BCUT2D eigenvalue weighted by molar-refractivity contribution is -0.139. The standard InChI is InChI=1S/C44H54N8O8/c1-21(2)36(49-43(55)56)41(53)51-19-22(3)14-34(51)40-46-31-12-10-25-16-30-28-11-9-26(15-27(28)20-60-35(30)17-29(25)38(31)48-40)32-18-45-39(47-32)33-13-8-23(4)52(33)42(54)37(24(5)58-6)50-44(57)59-7/h9-12,15-18,20-24,28-29,33-34,36-38,49H,8,13-14,19H2,1-7H3,(H,45,47)(H,46,48)(H,50,57)(H,55,56)/t22-,23-,24+,28?,29?,33-,34-,36-,37-,38?/m0/s1. The third-order valence-electron chi connectivity index (χ3n) is 12.8. The number of likely N-dealkylation sites (tertiary alicyclic amines) is 2. The first kappa shape index (κ1) is 40.9. The lowest BCUT2D eigenvalue weighted by atomic mass is 9.75. The fraction of sp³-hybridized carbons (Fsp3) is 0.500. The summed E-state index contributed by atoms with van der Waals surface area (Å²) in [4.78, 5) is 68.4. The van der Waals surface area contributed by atoms with Crippen LogP contribution in [-0.2, 0) is 23.8 Å². The van der Waals surface area contributed by atoms with E-state index < -0.39 is 30.4 Å². The Morgan fingerprint density at radius 3 is 2.53 bits per heavy atom. The number of ether oxygens (including phenoxy) is 3. The fourth-order valence-corrected chi connectivity index (χ4v) is 9.56. The summed E-state index contributed by atoms with van der Waals surface area (Å²) in [6.07, 6.45) is 18.2. The molecule has 1 aromatic rings. The summed E-state index contributed by atoms with van der Waals surface area (Å²) in [6.45, 7) is 10.0. The van der Waals surface area contributed by atoms with E-state index in [1.54, 1.807) is 29.2 Å². The molecule has 3 aliphatic carbocycles. The quantitative estimate of drug-likeness (QED) is 0.217. The molecule has 2 fully saturated rings. The van der Waals surface area contributed by atoms with E-state index in [0.717, 1.165) is 58.1 Å². The highest BCUT2D eigenvalue weighted by Gasteiger charge is 2.46. The number of imidazole rings is 1. The van der Waals surface area contributed by atoms with Crippen molar-refractivity contribution >= 4 is 35.4 Å². The van der Waals surface area contributed by atoms with Crippen LogP contribution in [0, 0.1) is 23.7 Å². The number of H-pyrrole nitrogens is 1. The second-order valence-electron chi connectivity index (χ2n) is 17.1. The minimum atomic E-state index is -1.22. The van der Waals surface area contributed by atoms with E-state index in [1.165, 1.54) is 14.2 Å². The number of carboxylic acid groups (broad SMARTS) is 1. The largest absolute Gasteiger partial charge is 0.465 e. The Kier molecular flexibility index (Phi) is 11.1. The molecule has 3 unspecified atom stereocenters. The molecule has 16 heteroatoms. The number of allylic oxidation sites excluding steroid dienone is 9. The molecule has 60 heavy (non-hydrogen) atoms. The molecule has 16 nitrogen and oxygen atoms in total. The maximum absolute atomic E-state index is 13.9. The third-order valence-corrected chi connectivity index (χ3v) is 12.8. The molecular formula is C44H54N8O8. The van der Waals surface area contributed by atoms with Crippen molar-refractivity contribution in [2.24, 2.45) is 28.7 Å². The summed E-state index contributed by atoms with van der Waals surface area (Å²) in [5.74, 6) is 1.62. The molecule has 4 amide bonds. The number of amidine groups is 1. The Morgan fingerprint density at radius 2 is 1.80 bits per heavy atom. The zero-order valence-corrected chi connectivity index (χ0v) is 35.0. The van der Waals surface area contributed by atoms with Crippen LogP contribution < -0.4 is 16.0 Å². The predicted octanol–water partition coefficient (Wildman–Crippen LogP) is 4.87. The number of fused-ring (bicyclic) bond motifs is 6. The number of methoxy groups -OCH3 is 2. The van der Waals surface area contributed by atoms with Crippen molar-refractivity contribution in [3.63, 3.8) is 0 Å². The van der Waals surface area contributed by atoms with Gasteiger partial charge in [0.15, 0.2) is 0 Å². The molecule has 0 bridgehead atoms. The molecule has 318 valence electrons. The van der Waals surface area contributed by atoms with Crippen molar-refractivity contribution in [1.82, 2.24) is 35.7 Å². The van der Waals surface area contributed by atoms with Crippen LogP contribution in [0.25, 0.3) is 5.57 Å². The summed E-state index contributed by atoms with van der Waals surface area (Å²) < 4.78 is 16.6. The molecular weight excluding hydrogens is 769 g/mol. The normalized spacial score (nSPS) is 29.0. The van der Waals surface area contributed by atoms with Crippen molar-refractivity contribution in [2.45, 2.75) is 96.2 Å².